The van der Waals surface area contributed by atoms with Gasteiger partial charge in [-0.1, -0.05) is 60.8 Å². The molecule has 0 saturated heterocycles. The molecule has 0 bridgehead atoms. The highest BCUT2D eigenvalue weighted by atomic mass is 79.9. The molecule has 0 N–H and O–H groups in total. The standard InChI is InChI=1S/C15H23BrO/c1-13(2)14-9-5-6-10-15(14)17-12-8-4-3-7-11-16/h5-6,9-10,13H,3-4,7-8,11-12H2,1-2H3. The summed E-state index contributed by atoms with van der Waals surface area (Å²) in [6.45, 7) is 5.25. The molecule has 1 aromatic rings. The van der Waals surface area contributed by atoms with Crippen LogP contribution in [0.1, 0.15) is 51.0 Å². The Kier molecular flexibility index (Phi) is 7.34. The molecule has 0 aromatic heterocycles. The lowest BCUT2D eigenvalue weighted by Gasteiger charge is -2.13. The Labute approximate surface area is 114 Å². The second-order valence-corrected chi connectivity index (χ2v) is 5.44. The number of ether oxygens (including phenoxy) is 1. The Morgan fingerprint density at radius 3 is 2.47 bits per heavy atom. The summed E-state index contributed by atoms with van der Waals surface area (Å²) >= 11 is 3.45. The number of unbranched alkanes of at least 4 members (excludes halogenated alkanes) is 3. The van der Waals surface area contributed by atoms with Crippen molar-refractivity contribution in [3.63, 3.8) is 0 Å². The van der Waals surface area contributed by atoms with Gasteiger partial charge in [-0.2, -0.15) is 0 Å². The van der Waals surface area contributed by atoms with Crippen LogP contribution < -0.4 is 4.74 Å². The summed E-state index contributed by atoms with van der Waals surface area (Å²) in [5, 5.41) is 1.12. The summed E-state index contributed by atoms with van der Waals surface area (Å²) < 4.78 is 5.87. The lowest BCUT2D eigenvalue weighted by molar-refractivity contribution is 0.301. The number of benzene rings is 1. The Bertz CT molecular complexity index is 310. The smallest absolute Gasteiger partial charge is 0.122 e. The molecule has 1 rings (SSSR count). The van der Waals surface area contributed by atoms with E-state index in [1.54, 1.807) is 0 Å². The zero-order valence-corrected chi connectivity index (χ0v) is 12.5. The maximum Gasteiger partial charge on any atom is 0.122 e. The molecule has 0 radical (unpaired) electrons. The topological polar surface area (TPSA) is 9.23 Å². The van der Waals surface area contributed by atoms with Crippen molar-refractivity contribution < 1.29 is 4.74 Å². The Hall–Kier alpha value is -0.500. The first-order valence-electron chi connectivity index (χ1n) is 6.53. The van der Waals surface area contributed by atoms with Gasteiger partial charge in [0.05, 0.1) is 6.61 Å². The fourth-order valence-electron chi connectivity index (χ4n) is 1.82. The second-order valence-electron chi connectivity index (χ2n) is 4.64. The van der Waals surface area contributed by atoms with Crippen LogP contribution in [0.2, 0.25) is 0 Å². The molecule has 1 nitrogen and oxygen atoms in total. The molecule has 0 aliphatic rings. The average molecular weight is 299 g/mol. The van der Waals surface area contributed by atoms with Crippen LogP contribution in [0.25, 0.3) is 0 Å². The van der Waals surface area contributed by atoms with E-state index in [9.17, 15) is 0 Å². The van der Waals surface area contributed by atoms with Crippen LogP contribution in [0, 0.1) is 0 Å². The van der Waals surface area contributed by atoms with E-state index in [1.807, 2.05) is 6.07 Å². The van der Waals surface area contributed by atoms with Crippen LogP contribution in [0.15, 0.2) is 24.3 Å². The van der Waals surface area contributed by atoms with Gasteiger partial charge in [0.25, 0.3) is 0 Å². The molecular weight excluding hydrogens is 276 g/mol. The number of halogens is 1. The number of hydrogen-bond donors (Lipinski definition) is 0. The first-order valence-corrected chi connectivity index (χ1v) is 7.65. The van der Waals surface area contributed by atoms with E-state index in [2.05, 4.69) is 48.0 Å². The molecule has 0 amide bonds. The maximum atomic E-state index is 5.87. The quantitative estimate of drug-likeness (QED) is 0.477. The summed E-state index contributed by atoms with van der Waals surface area (Å²) in [5.74, 6) is 1.59. The summed E-state index contributed by atoms with van der Waals surface area (Å²) in [6.07, 6.45) is 4.97. The van der Waals surface area contributed by atoms with E-state index in [-0.39, 0.29) is 0 Å². The van der Waals surface area contributed by atoms with Gasteiger partial charge in [-0.15, -0.1) is 0 Å². The van der Waals surface area contributed by atoms with Crippen LogP contribution in [-0.4, -0.2) is 11.9 Å². The maximum absolute atomic E-state index is 5.87. The molecule has 2 heteroatoms. The van der Waals surface area contributed by atoms with E-state index in [0.717, 1.165) is 24.1 Å². The molecule has 0 aliphatic heterocycles. The van der Waals surface area contributed by atoms with Crippen LogP contribution in [0.3, 0.4) is 0 Å². The van der Waals surface area contributed by atoms with Crippen molar-refractivity contribution in [2.75, 3.05) is 11.9 Å². The molecule has 96 valence electrons. The summed E-state index contributed by atoms with van der Waals surface area (Å²) in [4.78, 5) is 0. The van der Waals surface area contributed by atoms with Crippen molar-refractivity contribution in [1.29, 1.82) is 0 Å². The van der Waals surface area contributed by atoms with E-state index >= 15 is 0 Å². The lowest BCUT2D eigenvalue weighted by atomic mass is 10.0. The summed E-state index contributed by atoms with van der Waals surface area (Å²) in [6, 6.07) is 8.36. The number of hydrogen-bond acceptors (Lipinski definition) is 1. The molecule has 0 fully saturated rings. The average Bonchev–Trinajstić information content (AvgIpc) is 2.34. The predicted octanol–water partition coefficient (Wildman–Crippen LogP) is 5.14. The van der Waals surface area contributed by atoms with Crippen LogP contribution in [0.4, 0.5) is 0 Å². The molecule has 17 heavy (non-hydrogen) atoms. The van der Waals surface area contributed by atoms with Gasteiger partial charge in [0.2, 0.25) is 0 Å². The summed E-state index contributed by atoms with van der Waals surface area (Å²) in [5.41, 5.74) is 1.31. The number of rotatable bonds is 8. The van der Waals surface area contributed by atoms with E-state index < -0.39 is 0 Å². The minimum absolute atomic E-state index is 0.527. The molecule has 0 heterocycles. The highest BCUT2D eigenvalue weighted by Crippen LogP contribution is 2.25. The molecule has 0 unspecified atom stereocenters. The van der Waals surface area contributed by atoms with Gasteiger partial charge in [-0.3, -0.25) is 0 Å². The molecule has 0 atom stereocenters. The SMILES string of the molecule is CC(C)c1ccccc1OCCCCCCBr. The van der Waals surface area contributed by atoms with Gasteiger partial charge in [0.1, 0.15) is 5.75 Å². The van der Waals surface area contributed by atoms with Gasteiger partial charge in [0.15, 0.2) is 0 Å². The zero-order chi connectivity index (χ0) is 12.5. The van der Waals surface area contributed by atoms with Crippen LogP contribution in [-0.2, 0) is 0 Å². The van der Waals surface area contributed by atoms with Gasteiger partial charge >= 0.3 is 0 Å². The first kappa shape index (κ1) is 14.6. The third kappa shape index (κ3) is 5.58. The van der Waals surface area contributed by atoms with Gasteiger partial charge in [0, 0.05) is 5.33 Å². The van der Waals surface area contributed by atoms with Crippen molar-refractivity contribution >= 4 is 15.9 Å². The van der Waals surface area contributed by atoms with Gasteiger partial charge in [-0.05, 0) is 30.4 Å². The molecule has 0 saturated carbocycles. The van der Waals surface area contributed by atoms with Gasteiger partial charge < -0.3 is 4.74 Å². The Morgan fingerprint density at radius 2 is 1.76 bits per heavy atom. The number of para-hydroxylation sites is 1. The fraction of sp³-hybridized carbons (Fsp3) is 0.600. The lowest BCUT2D eigenvalue weighted by Crippen LogP contribution is -2.01. The van der Waals surface area contributed by atoms with Gasteiger partial charge in [-0.25, -0.2) is 0 Å². The van der Waals surface area contributed by atoms with E-state index in [0.29, 0.717) is 5.92 Å². The second kappa shape index (κ2) is 8.57. The molecule has 0 spiro atoms. The monoisotopic (exact) mass is 298 g/mol. The summed E-state index contributed by atoms with van der Waals surface area (Å²) in [7, 11) is 0. The Morgan fingerprint density at radius 1 is 1.06 bits per heavy atom. The van der Waals surface area contributed by atoms with Crippen molar-refractivity contribution in [2.24, 2.45) is 0 Å². The predicted molar refractivity (Wildman–Crippen MR) is 78.3 cm³/mol. The highest BCUT2D eigenvalue weighted by Gasteiger charge is 2.06. The van der Waals surface area contributed by atoms with Crippen LogP contribution >= 0.6 is 15.9 Å². The van der Waals surface area contributed by atoms with Crippen molar-refractivity contribution in [3.05, 3.63) is 29.8 Å². The van der Waals surface area contributed by atoms with Crippen molar-refractivity contribution in [2.45, 2.75) is 45.4 Å². The normalized spacial score (nSPS) is 10.8. The molecule has 0 aliphatic carbocycles. The highest BCUT2D eigenvalue weighted by molar-refractivity contribution is 9.09. The van der Waals surface area contributed by atoms with Crippen molar-refractivity contribution in [3.8, 4) is 5.75 Å². The van der Waals surface area contributed by atoms with E-state index in [1.165, 1.54) is 24.8 Å². The third-order valence-corrected chi connectivity index (χ3v) is 3.39. The third-order valence-electron chi connectivity index (χ3n) is 2.83. The molecular formula is C15H23BrO. The fourth-order valence-corrected chi connectivity index (χ4v) is 2.22. The van der Waals surface area contributed by atoms with Crippen molar-refractivity contribution in [1.82, 2.24) is 0 Å². The zero-order valence-electron chi connectivity index (χ0n) is 10.9. The minimum atomic E-state index is 0.527. The van der Waals surface area contributed by atoms with E-state index in [4.69, 9.17) is 4.74 Å². The largest absolute Gasteiger partial charge is 0.493 e. The van der Waals surface area contributed by atoms with Crippen LogP contribution in [0.5, 0.6) is 5.75 Å². The first-order chi connectivity index (χ1) is 8.25. The number of alkyl halides is 1. The Balaban J connectivity index is 2.31. The molecule has 1 aromatic carbocycles. The minimum Gasteiger partial charge on any atom is -0.493 e.